The van der Waals surface area contributed by atoms with Gasteiger partial charge in [0.15, 0.2) is 0 Å². The molecule has 1 aromatic heterocycles. The van der Waals surface area contributed by atoms with Crippen molar-refractivity contribution in [3.05, 3.63) is 44.4 Å². The molecule has 0 amide bonds. The van der Waals surface area contributed by atoms with Crippen LogP contribution in [-0.4, -0.2) is 28.5 Å². The van der Waals surface area contributed by atoms with E-state index >= 15 is 0 Å². The van der Waals surface area contributed by atoms with Gasteiger partial charge in [-0.2, -0.15) is 0 Å². The van der Waals surface area contributed by atoms with Crippen molar-refractivity contribution in [3.63, 3.8) is 0 Å². The minimum Gasteiger partial charge on any atom is -0.493 e. The molecule has 0 atom stereocenters. The molecule has 7 heteroatoms. The Morgan fingerprint density at radius 1 is 1.43 bits per heavy atom. The van der Waals surface area contributed by atoms with Gasteiger partial charge in [0, 0.05) is 17.4 Å². The number of benzene rings is 1. The largest absolute Gasteiger partial charge is 0.493 e. The number of esters is 1. The fourth-order valence-electron chi connectivity index (χ4n) is 2.28. The molecule has 0 saturated heterocycles. The number of aromatic hydroxyl groups is 1. The quantitative estimate of drug-likeness (QED) is 0.873. The van der Waals surface area contributed by atoms with Crippen molar-refractivity contribution < 1.29 is 14.6 Å². The van der Waals surface area contributed by atoms with E-state index in [0.717, 1.165) is 32.7 Å². The number of carbonyl (C=O) groups is 1. The summed E-state index contributed by atoms with van der Waals surface area (Å²) in [5, 5.41) is 10.2. The topological polar surface area (TPSA) is 80.9 Å². The van der Waals surface area contributed by atoms with Crippen LogP contribution in [0.4, 0.5) is 5.69 Å². The Morgan fingerprint density at radius 3 is 3.00 bits per heavy atom. The fraction of sp³-hybridized carbons (Fsp3) is 0.188. The van der Waals surface area contributed by atoms with Crippen molar-refractivity contribution in [1.29, 1.82) is 0 Å². The Hall–Kier alpha value is -2.67. The van der Waals surface area contributed by atoms with E-state index in [2.05, 4.69) is 4.99 Å². The summed E-state index contributed by atoms with van der Waals surface area (Å²) in [6, 6.07) is 7.60. The molecule has 6 nitrogen and oxygen atoms in total. The first-order valence-corrected chi connectivity index (χ1v) is 7.85. The van der Waals surface area contributed by atoms with Gasteiger partial charge in [0.1, 0.15) is 6.54 Å². The van der Waals surface area contributed by atoms with Crippen LogP contribution in [0.5, 0.6) is 5.88 Å². The number of aromatic nitrogens is 1. The Kier molecular flexibility index (Phi) is 4.12. The number of hydrogen-bond acceptors (Lipinski definition) is 6. The predicted octanol–water partition coefficient (Wildman–Crippen LogP) is 2.44. The molecule has 1 aliphatic rings. The first-order valence-electron chi connectivity index (χ1n) is 7.03. The predicted molar refractivity (Wildman–Crippen MR) is 89.3 cm³/mol. The zero-order valence-corrected chi connectivity index (χ0v) is 13.2. The lowest BCUT2D eigenvalue weighted by atomic mass is 10.1. The van der Waals surface area contributed by atoms with Crippen LogP contribution in [-0.2, 0) is 16.1 Å². The van der Waals surface area contributed by atoms with E-state index in [0.29, 0.717) is 4.88 Å². The van der Waals surface area contributed by atoms with E-state index < -0.39 is 10.8 Å². The number of aliphatic imine (C=N–C) groups is 1. The third-order valence-electron chi connectivity index (χ3n) is 3.33. The molecule has 0 bridgehead atoms. The molecule has 0 spiro atoms. The average Bonchev–Trinajstić information content (AvgIpc) is 3.05. The maximum Gasteiger partial charge on any atom is 0.326 e. The number of hydrogen-bond donors (Lipinski definition) is 1. The zero-order chi connectivity index (χ0) is 16.4. The summed E-state index contributed by atoms with van der Waals surface area (Å²) in [5.41, 5.74) is 2.58. The minimum atomic E-state index is -0.560. The number of rotatable bonds is 4. The van der Waals surface area contributed by atoms with E-state index in [4.69, 9.17) is 4.74 Å². The second-order valence-corrected chi connectivity index (χ2v) is 5.82. The minimum absolute atomic E-state index is 0.225. The third-order valence-corrected chi connectivity index (χ3v) is 4.25. The molecule has 1 N–H and O–H groups in total. The molecule has 0 unspecified atom stereocenters. The zero-order valence-electron chi connectivity index (χ0n) is 12.4. The molecule has 1 aliphatic heterocycles. The summed E-state index contributed by atoms with van der Waals surface area (Å²) in [4.78, 5) is 27.7. The van der Waals surface area contributed by atoms with Gasteiger partial charge in [0.2, 0.25) is 5.88 Å². The number of fused-ring (bicyclic) bond motifs is 1. The maximum absolute atomic E-state index is 12.0. The van der Waals surface area contributed by atoms with Crippen LogP contribution < -0.4 is 4.87 Å². The number of nitrogens with zero attached hydrogens (tertiary/aromatic N) is 2. The van der Waals surface area contributed by atoms with Crippen LogP contribution in [0.1, 0.15) is 17.4 Å². The summed E-state index contributed by atoms with van der Waals surface area (Å²) in [5.74, 6) is -0.798. The summed E-state index contributed by atoms with van der Waals surface area (Å²) >= 11 is 0.874. The second kappa shape index (κ2) is 6.21. The van der Waals surface area contributed by atoms with Gasteiger partial charge in [-0.3, -0.25) is 19.1 Å². The van der Waals surface area contributed by atoms with Gasteiger partial charge in [-0.15, -0.1) is 0 Å². The lowest BCUT2D eigenvalue weighted by Crippen LogP contribution is -2.20. The number of allylic oxidation sites excluding steroid dienone is 1. The smallest absolute Gasteiger partial charge is 0.326 e. The van der Waals surface area contributed by atoms with Crippen LogP contribution in [0.15, 0.2) is 34.1 Å². The molecule has 0 fully saturated rings. The molecular weight excluding hydrogens is 316 g/mol. The monoisotopic (exact) mass is 330 g/mol. The van der Waals surface area contributed by atoms with Gasteiger partial charge in [-0.25, -0.2) is 0 Å². The maximum atomic E-state index is 12.0. The molecule has 2 aromatic rings. The van der Waals surface area contributed by atoms with Crippen molar-refractivity contribution in [3.8, 4) is 5.88 Å². The summed E-state index contributed by atoms with van der Waals surface area (Å²) in [6.45, 7) is 1.60. The van der Waals surface area contributed by atoms with Crippen LogP contribution in [0, 0.1) is 0 Å². The van der Waals surface area contributed by atoms with Crippen molar-refractivity contribution in [2.45, 2.75) is 13.5 Å². The van der Waals surface area contributed by atoms with Gasteiger partial charge in [-0.1, -0.05) is 29.5 Å². The molecule has 118 valence electrons. The number of thiazole rings is 1. The molecule has 0 radical (unpaired) electrons. The Balaban J connectivity index is 1.94. The Labute approximate surface area is 136 Å². The molecule has 2 heterocycles. The van der Waals surface area contributed by atoms with Gasteiger partial charge in [-0.05, 0) is 19.1 Å². The standard InChI is InChI=1S/C16H14N2O4S/c1-2-22-14(19)9-18-15(20)13(23-16(18)21)7-10-8-17-12-6-4-3-5-11(10)12/h3-8,20H,2,9H2,1H3. The molecule has 3 rings (SSSR count). The van der Waals surface area contributed by atoms with Crippen LogP contribution >= 0.6 is 11.3 Å². The molecule has 23 heavy (non-hydrogen) atoms. The number of para-hydroxylation sites is 1. The van der Waals surface area contributed by atoms with Crippen LogP contribution in [0.2, 0.25) is 0 Å². The lowest BCUT2D eigenvalue weighted by Gasteiger charge is -2.03. The second-order valence-electron chi connectivity index (χ2n) is 4.82. The summed E-state index contributed by atoms with van der Waals surface area (Å²) in [7, 11) is 0. The summed E-state index contributed by atoms with van der Waals surface area (Å²) < 4.78 is 5.81. The fourth-order valence-corrected chi connectivity index (χ4v) is 3.12. The van der Waals surface area contributed by atoms with Crippen LogP contribution in [0.3, 0.4) is 0 Å². The highest BCUT2D eigenvalue weighted by Crippen LogP contribution is 2.34. The SMILES string of the molecule is CCOC(=O)Cn1c(O)c(C=C2C=Nc3ccccc32)sc1=O. The Bertz CT molecular complexity index is 876. The van der Waals surface area contributed by atoms with E-state index in [9.17, 15) is 14.7 Å². The molecule has 0 aliphatic carbocycles. The molecule has 1 aromatic carbocycles. The van der Waals surface area contributed by atoms with Gasteiger partial charge in [0.05, 0.1) is 17.2 Å². The first kappa shape index (κ1) is 15.2. The average molecular weight is 330 g/mol. The van der Waals surface area contributed by atoms with Crippen molar-refractivity contribution in [2.75, 3.05) is 6.61 Å². The van der Waals surface area contributed by atoms with Crippen molar-refractivity contribution in [1.82, 2.24) is 4.57 Å². The highest BCUT2D eigenvalue weighted by molar-refractivity contribution is 7.10. The highest BCUT2D eigenvalue weighted by Gasteiger charge is 2.18. The van der Waals surface area contributed by atoms with Crippen LogP contribution in [0.25, 0.3) is 11.6 Å². The van der Waals surface area contributed by atoms with E-state index in [1.807, 2.05) is 24.3 Å². The van der Waals surface area contributed by atoms with Gasteiger partial charge in [0.25, 0.3) is 0 Å². The van der Waals surface area contributed by atoms with E-state index in [1.165, 1.54) is 0 Å². The number of ether oxygens (including phenoxy) is 1. The molecular formula is C16H14N2O4S. The lowest BCUT2D eigenvalue weighted by molar-refractivity contribution is -0.143. The Morgan fingerprint density at radius 2 is 2.22 bits per heavy atom. The molecule has 0 saturated carbocycles. The van der Waals surface area contributed by atoms with E-state index in [-0.39, 0.29) is 19.0 Å². The van der Waals surface area contributed by atoms with Crippen molar-refractivity contribution in [2.24, 2.45) is 4.99 Å². The third kappa shape index (κ3) is 2.95. The van der Waals surface area contributed by atoms with Gasteiger partial charge < -0.3 is 9.84 Å². The van der Waals surface area contributed by atoms with E-state index in [1.54, 1.807) is 19.2 Å². The summed E-state index contributed by atoms with van der Waals surface area (Å²) in [6.07, 6.45) is 3.38. The highest BCUT2D eigenvalue weighted by atomic mass is 32.1. The number of carbonyl (C=O) groups excluding carboxylic acids is 1. The van der Waals surface area contributed by atoms with Gasteiger partial charge >= 0.3 is 10.8 Å². The van der Waals surface area contributed by atoms with Crippen molar-refractivity contribution >= 4 is 40.9 Å². The first-order chi connectivity index (χ1) is 11.1. The normalized spacial score (nSPS) is 14.2.